The summed E-state index contributed by atoms with van der Waals surface area (Å²) in [5, 5.41) is 9.69. The van der Waals surface area contributed by atoms with Crippen LogP contribution in [0.3, 0.4) is 0 Å². The molecule has 0 aliphatic heterocycles. The van der Waals surface area contributed by atoms with Crippen molar-refractivity contribution in [3.63, 3.8) is 0 Å². The van der Waals surface area contributed by atoms with Gasteiger partial charge in [0.1, 0.15) is 6.61 Å². The molecule has 0 radical (unpaired) electrons. The third-order valence-electron chi connectivity index (χ3n) is 14.2. The van der Waals surface area contributed by atoms with Crippen molar-refractivity contribution in [3.8, 4) is 0 Å². The van der Waals surface area contributed by atoms with Crippen LogP contribution in [-0.2, 0) is 19.1 Å². The molecule has 0 bridgehead atoms. The second-order valence-electron chi connectivity index (χ2n) is 21.8. The van der Waals surface area contributed by atoms with Crippen LogP contribution in [-0.4, -0.2) is 36.4 Å². The zero-order valence-electron chi connectivity index (χ0n) is 51.1. The van der Waals surface area contributed by atoms with Crippen LogP contribution in [0, 0.1) is 0 Å². The molecule has 5 nitrogen and oxygen atoms in total. The minimum Gasteiger partial charge on any atom is -0.462 e. The molecule has 0 saturated carbocycles. The molecular formula is C73H124O5. The van der Waals surface area contributed by atoms with Gasteiger partial charge in [-0.3, -0.25) is 9.59 Å². The monoisotopic (exact) mass is 1080 g/mol. The maximum atomic E-state index is 12.4. The van der Waals surface area contributed by atoms with Crippen LogP contribution in [0.5, 0.6) is 0 Å². The van der Waals surface area contributed by atoms with Crippen molar-refractivity contribution in [3.05, 3.63) is 122 Å². The van der Waals surface area contributed by atoms with Crippen LogP contribution >= 0.6 is 0 Å². The number of rotatable bonds is 60. The topological polar surface area (TPSA) is 72.8 Å². The largest absolute Gasteiger partial charge is 0.462 e. The van der Waals surface area contributed by atoms with Crippen molar-refractivity contribution in [2.45, 2.75) is 315 Å². The van der Waals surface area contributed by atoms with E-state index < -0.39 is 6.10 Å². The van der Waals surface area contributed by atoms with Crippen LogP contribution in [0.2, 0.25) is 0 Å². The van der Waals surface area contributed by atoms with Crippen molar-refractivity contribution in [2.24, 2.45) is 0 Å². The van der Waals surface area contributed by atoms with Gasteiger partial charge in [-0.1, -0.05) is 309 Å². The van der Waals surface area contributed by atoms with Gasteiger partial charge >= 0.3 is 11.9 Å². The maximum absolute atomic E-state index is 12.4. The number of ether oxygens (including phenoxy) is 2. The normalized spacial score (nSPS) is 13.0. The van der Waals surface area contributed by atoms with Crippen molar-refractivity contribution >= 4 is 11.9 Å². The molecule has 446 valence electrons. The van der Waals surface area contributed by atoms with E-state index in [1.165, 1.54) is 180 Å². The Labute approximate surface area is 483 Å². The summed E-state index contributed by atoms with van der Waals surface area (Å²) in [6, 6.07) is 0. The number of allylic oxidation sites excluding steroid dienone is 20. The van der Waals surface area contributed by atoms with E-state index in [1.54, 1.807) is 0 Å². The summed E-state index contributed by atoms with van der Waals surface area (Å²) in [6.07, 6.45) is 99.2. The van der Waals surface area contributed by atoms with Gasteiger partial charge in [0.15, 0.2) is 6.10 Å². The average Bonchev–Trinajstić information content (AvgIpc) is 3.44. The summed E-state index contributed by atoms with van der Waals surface area (Å²) in [5.74, 6) is -0.596. The molecular weight excluding hydrogens is 957 g/mol. The van der Waals surface area contributed by atoms with E-state index in [1.807, 2.05) is 0 Å². The summed E-state index contributed by atoms with van der Waals surface area (Å²) in [6.45, 7) is 4.03. The molecule has 0 fully saturated rings. The number of hydrogen-bond donors (Lipinski definition) is 1. The molecule has 0 aromatic carbocycles. The molecule has 0 aliphatic carbocycles. The Balaban J connectivity index is 3.52. The lowest BCUT2D eigenvalue weighted by atomic mass is 10.0. The lowest BCUT2D eigenvalue weighted by molar-refractivity contribution is -0.161. The smallest absolute Gasteiger partial charge is 0.306 e. The Morgan fingerprint density at radius 2 is 0.551 bits per heavy atom. The van der Waals surface area contributed by atoms with Crippen LogP contribution < -0.4 is 0 Å². The van der Waals surface area contributed by atoms with Gasteiger partial charge in [0, 0.05) is 12.8 Å². The summed E-state index contributed by atoms with van der Waals surface area (Å²) >= 11 is 0. The first-order valence-corrected chi connectivity index (χ1v) is 33.1. The molecule has 0 spiro atoms. The first-order chi connectivity index (χ1) is 38.6. The molecule has 0 aromatic heterocycles. The van der Waals surface area contributed by atoms with Crippen LogP contribution in [0.25, 0.3) is 0 Å². The molecule has 5 heteroatoms. The minimum atomic E-state index is -0.785. The van der Waals surface area contributed by atoms with Gasteiger partial charge in [-0.05, 0) is 109 Å². The van der Waals surface area contributed by atoms with E-state index >= 15 is 0 Å². The van der Waals surface area contributed by atoms with E-state index in [0.29, 0.717) is 12.8 Å². The third kappa shape index (κ3) is 64.8. The Bertz CT molecular complexity index is 1550. The molecule has 0 amide bonds. The number of hydrogen-bond acceptors (Lipinski definition) is 5. The fourth-order valence-corrected chi connectivity index (χ4v) is 9.31. The van der Waals surface area contributed by atoms with Crippen LogP contribution in [0.15, 0.2) is 122 Å². The van der Waals surface area contributed by atoms with Gasteiger partial charge in [-0.25, -0.2) is 0 Å². The summed E-state index contributed by atoms with van der Waals surface area (Å²) in [4.78, 5) is 24.6. The van der Waals surface area contributed by atoms with E-state index in [-0.39, 0.29) is 25.2 Å². The lowest BCUT2D eigenvalue weighted by Gasteiger charge is -2.15. The highest BCUT2D eigenvalue weighted by Crippen LogP contribution is 2.17. The van der Waals surface area contributed by atoms with Gasteiger partial charge in [0.25, 0.3) is 0 Å². The highest BCUT2D eigenvalue weighted by atomic mass is 16.6. The number of carbonyl (C=O) groups is 2. The number of aliphatic hydroxyl groups excluding tert-OH is 1. The first kappa shape index (κ1) is 74.3. The van der Waals surface area contributed by atoms with Crippen molar-refractivity contribution in [1.82, 2.24) is 0 Å². The van der Waals surface area contributed by atoms with E-state index in [0.717, 1.165) is 103 Å². The van der Waals surface area contributed by atoms with Gasteiger partial charge in [0.2, 0.25) is 0 Å². The number of aliphatic hydroxyl groups is 1. The first-order valence-electron chi connectivity index (χ1n) is 33.1. The van der Waals surface area contributed by atoms with Crippen LogP contribution in [0.1, 0.15) is 309 Å². The van der Waals surface area contributed by atoms with Crippen LogP contribution in [0.4, 0.5) is 0 Å². The van der Waals surface area contributed by atoms with Gasteiger partial charge in [-0.2, -0.15) is 0 Å². The summed E-state index contributed by atoms with van der Waals surface area (Å²) in [7, 11) is 0. The molecule has 1 unspecified atom stereocenters. The predicted octanol–water partition coefficient (Wildman–Crippen LogP) is 23.0. The molecule has 0 saturated heterocycles. The Kier molecular flexibility index (Phi) is 64.4. The number of carbonyl (C=O) groups excluding carboxylic acids is 2. The van der Waals surface area contributed by atoms with E-state index in [4.69, 9.17) is 9.47 Å². The lowest BCUT2D eigenvalue weighted by Crippen LogP contribution is -2.28. The standard InChI is InChI=1S/C73H124O5/c1-3-5-7-9-11-13-15-17-19-21-23-25-27-29-31-33-35-36-38-40-42-44-46-48-50-52-54-56-58-60-62-64-66-68-73(76)78-71(69-74)70-77-72(75)67-65-63-61-59-57-55-53-51-49-47-45-43-41-39-37-34-32-30-28-26-24-22-20-18-16-14-12-10-8-6-4-2/h5,7,11,13,16-19,22-25,29,31,35-36,40,42,46,48,71,74H,3-4,6,8-10,12,14-15,20-21,26-28,30,32-34,37-39,41,43-45,47,49-70H2,1-2H3/b7-5-,13-11-,18-16-,19-17-,24-22-,25-23-,31-29-,36-35-,42-40-,48-46-. The molecule has 0 aliphatic rings. The second-order valence-corrected chi connectivity index (χ2v) is 21.8. The maximum Gasteiger partial charge on any atom is 0.306 e. The Morgan fingerprint density at radius 1 is 0.308 bits per heavy atom. The third-order valence-corrected chi connectivity index (χ3v) is 14.2. The van der Waals surface area contributed by atoms with E-state index in [9.17, 15) is 14.7 Å². The molecule has 1 N–H and O–H groups in total. The number of unbranched alkanes of at least 4 members (excludes halogenated alkanes) is 32. The summed E-state index contributed by atoms with van der Waals surface area (Å²) in [5.41, 5.74) is 0. The molecule has 0 heterocycles. The second kappa shape index (κ2) is 67.6. The van der Waals surface area contributed by atoms with E-state index in [2.05, 4.69) is 135 Å². The average molecular weight is 1080 g/mol. The fourth-order valence-electron chi connectivity index (χ4n) is 9.31. The SMILES string of the molecule is CC/C=C\C/C=C\C/C=C\C/C=C\C/C=C\C/C=C\C/C=C\C/C=C\CCCCCCCCCCC(=O)OC(CO)COC(=O)CCCCCCCCCCCCCCCCCCCCC/C=C\C/C=C\CCCCCCC. The fraction of sp³-hybridized carbons (Fsp3) is 0.699. The Morgan fingerprint density at radius 3 is 0.833 bits per heavy atom. The predicted molar refractivity (Wildman–Crippen MR) is 343 cm³/mol. The molecule has 1 atom stereocenters. The van der Waals surface area contributed by atoms with Gasteiger partial charge < -0.3 is 14.6 Å². The molecule has 0 aromatic rings. The van der Waals surface area contributed by atoms with Crippen molar-refractivity contribution in [1.29, 1.82) is 0 Å². The van der Waals surface area contributed by atoms with Crippen molar-refractivity contribution in [2.75, 3.05) is 13.2 Å². The highest BCUT2D eigenvalue weighted by molar-refractivity contribution is 5.70. The van der Waals surface area contributed by atoms with Gasteiger partial charge in [0.05, 0.1) is 6.61 Å². The zero-order valence-corrected chi connectivity index (χ0v) is 51.1. The quantitative estimate of drug-likeness (QED) is 0.0373. The summed E-state index contributed by atoms with van der Waals surface area (Å²) < 4.78 is 10.7. The molecule has 78 heavy (non-hydrogen) atoms. The zero-order chi connectivity index (χ0) is 56.2. The highest BCUT2D eigenvalue weighted by Gasteiger charge is 2.16. The Hall–Kier alpha value is -3.70. The van der Waals surface area contributed by atoms with Gasteiger partial charge in [-0.15, -0.1) is 0 Å². The minimum absolute atomic E-state index is 0.0730. The molecule has 0 rings (SSSR count). The van der Waals surface area contributed by atoms with Crippen molar-refractivity contribution < 1.29 is 24.2 Å². The number of esters is 2.